The van der Waals surface area contributed by atoms with Gasteiger partial charge in [-0.05, 0) is 43.4 Å². The van der Waals surface area contributed by atoms with Crippen LogP contribution in [0.4, 0.5) is 0 Å². The standard InChI is InChI=1S/C14H16/c1-11-6-5-8-13(10-11)14-9-4-3-7-12(14)2/h3-4,6-7,9-10H,5,8H2,1-2H3. The van der Waals surface area contributed by atoms with Gasteiger partial charge >= 0.3 is 0 Å². The highest BCUT2D eigenvalue weighted by Gasteiger charge is 2.06. The van der Waals surface area contributed by atoms with Gasteiger partial charge in [0.15, 0.2) is 0 Å². The minimum absolute atomic E-state index is 1.18. The van der Waals surface area contributed by atoms with Gasteiger partial charge in [0.05, 0.1) is 0 Å². The molecule has 0 saturated carbocycles. The molecule has 0 atom stereocenters. The topological polar surface area (TPSA) is 0 Å². The van der Waals surface area contributed by atoms with Crippen LogP contribution >= 0.6 is 0 Å². The van der Waals surface area contributed by atoms with Gasteiger partial charge in [-0.2, -0.15) is 0 Å². The fourth-order valence-electron chi connectivity index (χ4n) is 2.01. The molecule has 0 amide bonds. The molecule has 0 fully saturated rings. The Morgan fingerprint density at radius 2 is 1.86 bits per heavy atom. The van der Waals surface area contributed by atoms with E-state index in [1.54, 1.807) is 0 Å². The lowest BCUT2D eigenvalue weighted by Crippen LogP contribution is -1.93. The third kappa shape index (κ3) is 1.79. The predicted molar refractivity (Wildman–Crippen MR) is 62.1 cm³/mol. The Balaban J connectivity index is 2.41. The Hall–Kier alpha value is -1.30. The van der Waals surface area contributed by atoms with E-state index in [-0.39, 0.29) is 0 Å². The van der Waals surface area contributed by atoms with Crippen LogP contribution in [0.3, 0.4) is 0 Å². The van der Waals surface area contributed by atoms with Crippen LogP contribution in [0.2, 0.25) is 0 Å². The van der Waals surface area contributed by atoms with Gasteiger partial charge in [-0.15, -0.1) is 0 Å². The predicted octanol–water partition coefficient (Wildman–Crippen LogP) is 4.12. The lowest BCUT2D eigenvalue weighted by Gasteiger charge is -2.13. The van der Waals surface area contributed by atoms with E-state index in [1.807, 2.05) is 0 Å². The van der Waals surface area contributed by atoms with E-state index in [2.05, 4.69) is 50.3 Å². The largest absolute Gasteiger partial charge is 0.0813 e. The summed E-state index contributed by atoms with van der Waals surface area (Å²) in [5, 5.41) is 0. The summed E-state index contributed by atoms with van der Waals surface area (Å²) in [6.45, 7) is 4.36. The van der Waals surface area contributed by atoms with E-state index in [0.717, 1.165) is 0 Å². The van der Waals surface area contributed by atoms with Gasteiger partial charge in [-0.1, -0.05) is 42.0 Å². The lowest BCUT2D eigenvalue weighted by molar-refractivity contribution is 1.03. The molecule has 0 spiro atoms. The molecule has 0 N–H and O–H groups in total. The minimum Gasteiger partial charge on any atom is -0.0813 e. The van der Waals surface area contributed by atoms with Crippen LogP contribution in [0, 0.1) is 6.92 Å². The van der Waals surface area contributed by atoms with E-state index in [9.17, 15) is 0 Å². The van der Waals surface area contributed by atoms with Crippen LogP contribution < -0.4 is 0 Å². The summed E-state index contributed by atoms with van der Waals surface area (Å²) >= 11 is 0. The van der Waals surface area contributed by atoms with E-state index < -0.39 is 0 Å². The third-order valence-corrected chi connectivity index (χ3v) is 2.77. The molecule has 0 heterocycles. The zero-order valence-corrected chi connectivity index (χ0v) is 8.88. The second-order valence-electron chi connectivity index (χ2n) is 3.97. The number of hydrogen-bond acceptors (Lipinski definition) is 0. The van der Waals surface area contributed by atoms with E-state index in [4.69, 9.17) is 0 Å². The fraction of sp³-hybridized carbons (Fsp3) is 0.286. The number of allylic oxidation sites excluding steroid dienone is 4. The van der Waals surface area contributed by atoms with Crippen molar-refractivity contribution in [2.24, 2.45) is 0 Å². The highest BCUT2D eigenvalue weighted by Crippen LogP contribution is 2.28. The van der Waals surface area contributed by atoms with Crippen molar-refractivity contribution in [3.05, 3.63) is 53.1 Å². The van der Waals surface area contributed by atoms with Gasteiger partial charge in [0.1, 0.15) is 0 Å². The maximum Gasteiger partial charge on any atom is -0.0195 e. The van der Waals surface area contributed by atoms with Gasteiger partial charge in [-0.25, -0.2) is 0 Å². The number of aryl methyl sites for hydroxylation is 1. The van der Waals surface area contributed by atoms with E-state index in [0.29, 0.717) is 0 Å². The minimum atomic E-state index is 1.18. The Bertz CT molecular complexity index is 394. The average molecular weight is 184 g/mol. The maximum atomic E-state index is 2.31. The molecular formula is C14H16. The zero-order valence-electron chi connectivity index (χ0n) is 8.88. The quantitative estimate of drug-likeness (QED) is 0.616. The van der Waals surface area contributed by atoms with E-state index >= 15 is 0 Å². The summed E-state index contributed by atoms with van der Waals surface area (Å²) < 4.78 is 0. The van der Waals surface area contributed by atoms with E-state index in [1.165, 1.54) is 35.1 Å². The summed E-state index contributed by atoms with van der Waals surface area (Å²) in [6.07, 6.45) is 6.99. The normalized spacial score (nSPS) is 16.1. The molecule has 0 aliphatic heterocycles. The molecule has 1 aromatic carbocycles. The van der Waals surface area contributed by atoms with Gasteiger partial charge in [0.2, 0.25) is 0 Å². The van der Waals surface area contributed by atoms with Gasteiger partial charge in [-0.3, -0.25) is 0 Å². The number of hydrogen-bond donors (Lipinski definition) is 0. The molecule has 0 saturated heterocycles. The first-order valence-corrected chi connectivity index (χ1v) is 5.21. The molecular weight excluding hydrogens is 168 g/mol. The Kier molecular flexibility index (Phi) is 2.53. The molecule has 1 aliphatic rings. The first-order chi connectivity index (χ1) is 6.77. The second kappa shape index (κ2) is 3.83. The zero-order chi connectivity index (χ0) is 9.97. The highest BCUT2D eigenvalue weighted by atomic mass is 14.1. The molecule has 0 nitrogen and oxygen atoms in total. The van der Waals surface area contributed by atoms with Crippen molar-refractivity contribution in [2.45, 2.75) is 26.7 Å². The van der Waals surface area contributed by atoms with Crippen molar-refractivity contribution < 1.29 is 0 Å². The maximum absolute atomic E-state index is 2.31. The molecule has 0 aromatic heterocycles. The summed E-state index contributed by atoms with van der Waals surface area (Å²) in [4.78, 5) is 0. The molecule has 14 heavy (non-hydrogen) atoms. The van der Waals surface area contributed by atoms with Crippen molar-refractivity contribution in [2.75, 3.05) is 0 Å². The van der Waals surface area contributed by atoms with Crippen LogP contribution in [-0.2, 0) is 0 Å². The monoisotopic (exact) mass is 184 g/mol. The molecule has 72 valence electrons. The van der Waals surface area contributed by atoms with Gasteiger partial charge < -0.3 is 0 Å². The Morgan fingerprint density at radius 1 is 1.07 bits per heavy atom. The summed E-state index contributed by atoms with van der Waals surface area (Å²) in [5.41, 5.74) is 5.69. The lowest BCUT2D eigenvalue weighted by atomic mass is 9.92. The molecule has 0 bridgehead atoms. The molecule has 0 radical (unpaired) electrons. The molecule has 0 heteroatoms. The SMILES string of the molecule is CC1=CCCC(c2ccccc2C)=C1. The van der Waals surface area contributed by atoms with Crippen LogP contribution in [0.15, 0.2) is 42.0 Å². The van der Waals surface area contributed by atoms with Crippen molar-refractivity contribution >= 4 is 5.57 Å². The van der Waals surface area contributed by atoms with Crippen molar-refractivity contribution in [1.82, 2.24) is 0 Å². The van der Waals surface area contributed by atoms with Crippen LogP contribution in [0.5, 0.6) is 0 Å². The number of benzene rings is 1. The van der Waals surface area contributed by atoms with Crippen molar-refractivity contribution in [3.63, 3.8) is 0 Å². The van der Waals surface area contributed by atoms with Crippen LogP contribution in [-0.4, -0.2) is 0 Å². The average Bonchev–Trinajstić information content (AvgIpc) is 2.18. The molecule has 2 rings (SSSR count). The molecule has 0 unspecified atom stereocenters. The smallest absolute Gasteiger partial charge is 0.0195 e. The highest BCUT2D eigenvalue weighted by molar-refractivity contribution is 5.71. The van der Waals surface area contributed by atoms with Crippen LogP contribution in [0.25, 0.3) is 5.57 Å². The van der Waals surface area contributed by atoms with Gasteiger partial charge in [0, 0.05) is 0 Å². The Morgan fingerprint density at radius 3 is 2.57 bits per heavy atom. The third-order valence-electron chi connectivity index (χ3n) is 2.77. The van der Waals surface area contributed by atoms with Crippen molar-refractivity contribution in [1.29, 1.82) is 0 Å². The summed E-state index contributed by atoms with van der Waals surface area (Å²) in [5.74, 6) is 0. The van der Waals surface area contributed by atoms with Gasteiger partial charge in [0.25, 0.3) is 0 Å². The summed E-state index contributed by atoms with van der Waals surface area (Å²) in [7, 11) is 0. The molecule has 1 aliphatic carbocycles. The summed E-state index contributed by atoms with van der Waals surface area (Å²) in [6, 6.07) is 8.63. The first kappa shape index (κ1) is 9.26. The number of rotatable bonds is 1. The molecule has 1 aromatic rings. The fourth-order valence-corrected chi connectivity index (χ4v) is 2.01. The van der Waals surface area contributed by atoms with Crippen molar-refractivity contribution in [3.8, 4) is 0 Å². The second-order valence-corrected chi connectivity index (χ2v) is 3.97. The Labute approximate surface area is 86.0 Å². The first-order valence-electron chi connectivity index (χ1n) is 5.21. The van der Waals surface area contributed by atoms with Crippen LogP contribution in [0.1, 0.15) is 30.9 Å².